The van der Waals surface area contributed by atoms with Gasteiger partial charge in [0.2, 0.25) is 0 Å². The van der Waals surface area contributed by atoms with Gasteiger partial charge in [0.05, 0.1) is 0 Å². The van der Waals surface area contributed by atoms with Crippen LogP contribution in [0.2, 0.25) is 0 Å². The van der Waals surface area contributed by atoms with Gasteiger partial charge >= 0.3 is 0 Å². The minimum Gasteiger partial charge on any atom is -0.382 e. The normalized spacial score (nSPS) is 27.2. The molecule has 0 N–H and O–H groups in total. The quantitative estimate of drug-likeness (QED) is 0.649. The van der Waals surface area contributed by atoms with Crippen LogP contribution in [0.15, 0.2) is 0 Å². The summed E-state index contributed by atoms with van der Waals surface area (Å²) >= 11 is 0. The first kappa shape index (κ1) is 13.9. The maximum Gasteiger partial charge on any atom is 0.0471 e. The minimum atomic E-state index is 0.518. The predicted molar refractivity (Wildman–Crippen MR) is 62.7 cm³/mol. The van der Waals surface area contributed by atoms with E-state index in [1.165, 1.54) is 25.9 Å². The average Bonchev–Trinajstić information content (AvgIpc) is 2.51. The molecule has 2 nitrogen and oxygen atoms in total. The van der Waals surface area contributed by atoms with Gasteiger partial charge in [-0.05, 0) is 38.8 Å². The van der Waals surface area contributed by atoms with Gasteiger partial charge in [-0.1, -0.05) is 20.8 Å². The predicted octanol–water partition coefficient (Wildman–Crippen LogP) is 2.78. The van der Waals surface area contributed by atoms with Crippen LogP contribution in [-0.2, 0) is 4.74 Å². The van der Waals surface area contributed by atoms with Gasteiger partial charge in [0.1, 0.15) is 0 Å². The van der Waals surface area contributed by atoms with Crippen LogP contribution in [-0.4, -0.2) is 38.3 Å². The molecule has 1 rings (SSSR count). The zero-order chi connectivity index (χ0) is 11.0. The van der Waals surface area contributed by atoms with Crippen LogP contribution >= 0.6 is 0 Å². The van der Waals surface area contributed by atoms with Crippen molar-refractivity contribution < 1.29 is 4.74 Å². The van der Waals surface area contributed by atoms with E-state index < -0.39 is 0 Å². The second-order valence-corrected chi connectivity index (χ2v) is 4.25. The van der Waals surface area contributed by atoms with Gasteiger partial charge in [0, 0.05) is 19.8 Å². The van der Waals surface area contributed by atoms with E-state index in [4.69, 9.17) is 4.74 Å². The van der Waals surface area contributed by atoms with Crippen molar-refractivity contribution in [3.8, 4) is 0 Å². The summed E-state index contributed by atoms with van der Waals surface area (Å²) in [6.45, 7) is 12.7. The van der Waals surface area contributed by atoms with Crippen molar-refractivity contribution in [2.24, 2.45) is 5.41 Å². The summed E-state index contributed by atoms with van der Waals surface area (Å²) in [6, 6.07) is 0. The van der Waals surface area contributed by atoms with E-state index in [0.717, 1.165) is 13.2 Å². The average molecular weight is 201 g/mol. The Morgan fingerprint density at radius 2 is 2.00 bits per heavy atom. The molecule has 1 aliphatic heterocycles. The van der Waals surface area contributed by atoms with Crippen LogP contribution < -0.4 is 0 Å². The molecule has 1 atom stereocenters. The van der Waals surface area contributed by atoms with Crippen LogP contribution in [0.4, 0.5) is 0 Å². The van der Waals surface area contributed by atoms with E-state index in [-0.39, 0.29) is 0 Å². The number of likely N-dealkylation sites (tertiary alicyclic amines) is 1. The molecule has 0 radical (unpaired) electrons. The molecule has 1 heterocycles. The van der Waals surface area contributed by atoms with Gasteiger partial charge in [0.15, 0.2) is 0 Å². The number of hydrogen-bond donors (Lipinski definition) is 0. The summed E-state index contributed by atoms with van der Waals surface area (Å²) in [6.07, 6.45) is 2.54. The van der Waals surface area contributed by atoms with E-state index in [0.29, 0.717) is 5.41 Å². The Bertz CT molecular complexity index is 138. The van der Waals surface area contributed by atoms with Crippen LogP contribution in [0.1, 0.15) is 40.5 Å². The highest BCUT2D eigenvalue weighted by Crippen LogP contribution is 2.32. The first-order chi connectivity index (χ1) is 6.66. The van der Waals surface area contributed by atoms with Crippen LogP contribution in [0, 0.1) is 5.41 Å². The molecule has 0 bridgehead atoms. The summed E-state index contributed by atoms with van der Waals surface area (Å²) in [5.74, 6) is 0. The zero-order valence-corrected chi connectivity index (χ0v) is 10.6. The molecule has 0 aromatic carbocycles. The summed E-state index contributed by atoms with van der Waals surface area (Å²) < 4.78 is 5.38. The molecule has 2 heteroatoms. The summed E-state index contributed by atoms with van der Waals surface area (Å²) in [5, 5.41) is 0. The van der Waals surface area contributed by atoms with Crippen molar-refractivity contribution in [3.05, 3.63) is 0 Å². The van der Waals surface area contributed by atoms with E-state index in [1.54, 1.807) is 0 Å². The number of nitrogens with zero attached hydrogens (tertiary/aromatic N) is 1. The molecule has 1 saturated heterocycles. The van der Waals surface area contributed by atoms with Crippen molar-refractivity contribution in [1.29, 1.82) is 0 Å². The van der Waals surface area contributed by atoms with Crippen molar-refractivity contribution >= 4 is 0 Å². The Kier molecular flexibility index (Phi) is 7.20. The van der Waals surface area contributed by atoms with E-state index >= 15 is 0 Å². The minimum absolute atomic E-state index is 0.518. The Labute approximate surface area is 89.6 Å². The summed E-state index contributed by atoms with van der Waals surface area (Å²) in [5.41, 5.74) is 0.518. The summed E-state index contributed by atoms with van der Waals surface area (Å²) in [4.78, 5) is 2.41. The van der Waals surface area contributed by atoms with Gasteiger partial charge in [-0.3, -0.25) is 0 Å². The van der Waals surface area contributed by atoms with Gasteiger partial charge in [0.25, 0.3) is 0 Å². The number of hydrogen-bond acceptors (Lipinski definition) is 2. The molecule has 0 saturated carbocycles. The highest BCUT2D eigenvalue weighted by atomic mass is 16.5. The van der Waals surface area contributed by atoms with E-state index in [1.807, 2.05) is 13.8 Å². The molecular weight excluding hydrogens is 174 g/mol. The number of ether oxygens (including phenoxy) is 1. The second kappa shape index (κ2) is 7.24. The third-order valence-electron chi connectivity index (χ3n) is 2.80. The van der Waals surface area contributed by atoms with Crippen molar-refractivity contribution in [1.82, 2.24) is 4.90 Å². The third kappa shape index (κ3) is 4.97. The molecule has 0 spiro atoms. The largest absolute Gasteiger partial charge is 0.382 e. The molecule has 0 aliphatic carbocycles. The molecule has 14 heavy (non-hydrogen) atoms. The smallest absolute Gasteiger partial charge is 0.0471 e. The maximum absolute atomic E-state index is 5.38. The molecule has 86 valence electrons. The molecule has 0 aromatic heterocycles. The van der Waals surface area contributed by atoms with Gasteiger partial charge in [-0.2, -0.15) is 0 Å². The summed E-state index contributed by atoms with van der Waals surface area (Å²) in [7, 11) is 2.20. The first-order valence-electron chi connectivity index (χ1n) is 5.92. The third-order valence-corrected chi connectivity index (χ3v) is 2.80. The molecule has 0 aromatic rings. The standard InChI is InChI=1S/C10H21NO.C2H6/c1-4-12-8-6-10(2)5-7-11(3)9-10;1-2/h4-9H2,1-3H3;1-2H3. The second-order valence-electron chi connectivity index (χ2n) is 4.25. The Hall–Kier alpha value is -0.0800. The SMILES string of the molecule is CC.CCOCCC1(C)CCN(C)C1. The van der Waals surface area contributed by atoms with Crippen LogP contribution in [0.5, 0.6) is 0 Å². The lowest BCUT2D eigenvalue weighted by atomic mass is 9.86. The molecular formula is C12H27NO. The molecule has 1 fully saturated rings. The Balaban J connectivity index is 0.000000791. The lowest BCUT2D eigenvalue weighted by Crippen LogP contribution is -2.23. The first-order valence-corrected chi connectivity index (χ1v) is 5.92. The highest BCUT2D eigenvalue weighted by molar-refractivity contribution is 4.84. The fraction of sp³-hybridized carbons (Fsp3) is 1.00. The van der Waals surface area contributed by atoms with E-state index in [9.17, 15) is 0 Å². The monoisotopic (exact) mass is 201 g/mol. The molecule has 1 aliphatic rings. The van der Waals surface area contributed by atoms with Gasteiger partial charge < -0.3 is 9.64 Å². The Morgan fingerprint density at radius 1 is 1.36 bits per heavy atom. The zero-order valence-electron chi connectivity index (χ0n) is 10.6. The highest BCUT2D eigenvalue weighted by Gasteiger charge is 2.31. The van der Waals surface area contributed by atoms with Crippen molar-refractivity contribution in [2.45, 2.75) is 40.5 Å². The maximum atomic E-state index is 5.38. The lowest BCUT2D eigenvalue weighted by Gasteiger charge is -2.23. The van der Waals surface area contributed by atoms with Crippen molar-refractivity contribution in [2.75, 3.05) is 33.4 Å². The fourth-order valence-electron chi connectivity index (χ4n) is 1.94. The molecule has 0 amide bonds. The number of rotatable bonds is 4. The topological polar surface area (TPSA) is 12.5 Å². The van der Waals surface area contributed by atoms with Gasteiger partial charge in [-0.15, -0.1) is 0 Å². The van der Waals surface area contributed by atoms with Crippen LogP contribution in [0.25, 0.3) is 0 Å². The Morgan fingerprint density at radius 3 is 2.43 bits per heavy atom. The van der Waals surface area contributed by atoms with Gasteiger partial charge in [-0.25, -0.2) is 0 Å². The lowest BCUT2D eigenvalue weighted by molar-refractivity contribution is 0.111. The fourth-order valence-corrected chi connectivity index (χ4v) is 1.94. The molecule has 1 unspecified atom stereocenters. The van der Waals surface area contributed by atoms with Crippen LogP contribution in [0.3, 0.4) is 0 Å². The van der Waals surface area contributed by atoms with Crippen molar-refractivity contribution in [3.63, 3.8) is 0 Å². The van der Waals surface area contributed by atoms with E-state index in [2.05, 4.69) is 25.8 Å².